The van der Waals surface area contributed by atoms with Crippen molar-refractivity contribution in [3.05, 3.63) is 46.8 Å². The Hall–Kier alpha value is -1.39. The molecule has 1 N–H and O–H groups in total. The minimum Gasteiger partial charge on any atom is -0.501 e. The Morgan fingerprint density at radius 3 is 3.00 bits per heavy atom. The molecule has 1 aromatic heterocycles. The SMILES string of the molecule is CNC(C1=COCCC1)c1cc2cc(F)ccc2s1. The largest absolute Gasteiger partial charge is 0.501 e. The van der Waals surface area contributed by atoms with Gasteiger partial charge in [-0.05, 0) is 55.1 Å². The Labute approximate surface area is 115 Å². The molecule has 1 aliphatic rings. The topological polar surface area (TPSA) is 21.3 Å². The van der Waals surface area contributed by atoms with E-state index in [1.165, 1.54) is 16.5 Å². The molecule has 1 aromatic carbocycles. The smallest absolute Gasteiger partial charge is 0.123 e. The second-order valence-electron chi connectivity index (χ2n) is 4.72. The molecule has 0 radical (unpaired) electrons. The van der Waals surface area contributed by atoms with E-state index in [2.05, 4.69) is 11.4 Å². The van der Waals surface area contributed by atoms with E-state index in [0.717, 1.165) is 29.5 Å². The van der Waals surface area contributed by atoms with Crippen molar-refractivity contribution in [3.63, 3.8) is 0 Å². The Morgan fingerprint density at radius 2 is 2.26 bits per heavy atom. The maximum Gasteiger partial charge on any atom is 0.123 e. The Morgan fingerprint density at radius 1 is 1.37 bits per heavy atom. The van der Waals surface area contributed by atoms with Crippen molar-refractivity contribution in [2.24, 2.45) is 0 Å². The lowest BCUT2D eigenvalue weighted by atomic mass is 10.0. The van der Waals surface area contributed by atoms with Crippen molar-refractivity contribution >= 4 is 21.4 Å². The lowest BCUT2D eigenvalue weighted by Crippen LogP contribution is -2.19. The fourth-order valence-corrected chi connectivity index (χ4v) is 3.68. The first-order valence-corrected chi connectivity index (χ1v) is 7.26. The van der Waals surface area contributed by atoms with Gasteiger partial charge in [-0.25, -0.2) is 4.39 Å². The van der Waals surface area contributed by atoms with Crippen LogP contribution in [0.4, 0.5) is 4.39 Å². The van der Waals surface area contributed by atoms with Crippen LogP contribution in [0.1, 0.15) is 23.8 Å². The fourth-order valence-electron chi connectivity index (χ4n) is 2.48. The Balaban J connectivity index is 1.98. The zero-order valence-electron chi connectivity index (χ0n) is 10.8. The average Bonchev–Trinajstić information content (AvgIpc) is 2.83. The molecule has 4 heteroatoms. The van der Waals surface area contributed by atoms with Crippen LogP contribution in [-0.2, 0) is 4.74 Å². The highest BCUT2D eigenvalue weighted by molar-refractivity contribution is 7.19. The summed E-state index contributed by atoms with van der Waals surface area (Å²) in [5.41, 5.74) is 1.26. The first kappa shape index (κ1) is 12.6. The van der Waals surface area contributed by atoms with Gasteiger partial charge in [-0.2, -0.15) is 0 Å². The average molecular weight is 277 g/mol. The van der Waals surface area contributed by atoms with Crippen LogP contribution in [0.3, 0.4) is 0 Å². The van der Waals surface area contributed by atoms with Gasteiger partial charge in [0.05, 0.1) is 18.9 Å². The second kappa shape index (κ2) is 5.31. The van der Waals surface area contributed by atoms with Gasteiger partial charge in [0.15, 0.2) is 0 Å². The highest BCUT2D eigenvalue weighted by Crippen LogP contribution is 2.35. The molecule has 2 nitrogen and oxygen atoms in total. The molecule has 1 unspecified atom stereocenters. The molecule has 19 heavy (non-hydrogen) atoms. The molecule has 0 fully saturated rings. The van der Waals surface area contributed by atoms with E-state index < -0.39 is 0 Å². The Kier molecular flexibility index (Phi) is 3.53. The summed E-state index contributed by atoms with van der Waals surface area (Å²) >= 11 is 1.71. The summed E-state index contributed by atoms with van der Waals surface area (Å²) in [6, 6.07) is 7.19. The lowest BCUT2D eigenvalue weighted by molar-refractivity contribution is 0.220. The number of ether oxygens (including phenoxy) is 1. The first-order chi connectivity index (χ1) is 9.28. The van der Waals surface area contributed by atoms with Gasteiger partial charge in [0.1, 0.15) is 5.82 Å². The summed E-state index contributed by atoms with van der Waals surface area (Å²) in [7, 11) is 1.95. The minimum atomic E-state index is -0.182. The van der Waals surface area contributed by atoms with Crippen molar-refractivity contribution in [1.29, 1.82) is 0 Å². The molecule has 100 valence electrons. The first-order valence-electron chi connectivity index (χ1n) is 6.45. The van der Waals surface area contributed by atoms with Crippen molar-refractivity contribution in [2.75, 3.05) is 13.7 Å². The fraction of sp³-hybridized carbons (Fsp3) is 0.333. The number of benzene rings is 1. The van der Waals surface area contributed by atoms with E-state index in [-0.39, 0.29) is 11.9 Å². The molecule has 0 bridgehead atoms. The van der Waals surface area contributed by atoms with E-state index in [9.17, 15) is 4.39 Å². The van der Waals surface area contributed by atoms with E-state index in [1.807, 2.05) is 19.4 Å². The predicted molar refractivity (Wildman–Crippen MR) is 76.9 cm³/mol. The number of thiophene rings is 1. The molecule has 1 atom stereocenters. The third-order valence-corrected chi connectivity index (χ3v) is 4.58. The van der Waals surface area contributed by atoms with Crippen LogP contribution in [-0.4, -0.2) is 13.7 Å². The lowest BCUT2D eigenvalue weighted by Gasteiger charge is -2.21. The highest BCUT2D eigenvalue weighted by Gasteiger charge is 2.19. The monoisotopic (exact) mass is 277 g/mol. The van der Waals surface area contributed by atoms with Gasteiger partial charge in [-0.15, -0.1) is 11.3 Å². The van der Waals surface area contributed by atoms with Crippen LogP contribution >= 0.6 is 11.3 Å². The maximum absolute atomic E-state index is 13.2. The molecule has 2 aromatic rings. The number of rotatable bonds is 3. The summed E-state index contributed by atoms with van der Waals surface area (Å²) < 4.78 is 19.8. The zero-order chi connectivity index (χ0) is 13.2. The zero-order valence-corrected chi connectivity index (χ0v) is 11.6. The number of hydrogen-bond acceptors (Lipinski definition) is 3. The van der Waals surface area contributed by atoms with Gasteiger partial charge < -0.3 is 10.1 Å². The quantitative estimate of drug-likeness (QED) is 0.915. The van der Waals surface area contributed by atoms with E-state index >= 15 is 0 Å². The van der Waals surface area contributed by atoms with E-state index in [4.69, 9.17) is 4.74 Å². The maximum atomic E-state index is 13.2. The molecule has 0 amide bonds. The molecule has 2 heterocycles. The molecule has 0 saturated carbocycles. The van der Waals surface area contributed by atoms with Crippen LogP contribution < -0.4 is 5.32 Å². The van der Waals surface area contributed by atoms with Crippen LogP contribution in [0, 0.1) is 5.82 Å². The summed E-state index contributed by atoms with van der Waals surface area (Å²) in [5.74, 6) is -0.182. The summed E-state index contributed by atoms with van der Waals surface area (Å²) in [6.45, 7) is 0.803. The van der Waals surface area contributed by atoms with Gasteiger partial charge in [-0.3, -0.25) is 0 Å². The Bertz CT molecular complexity index is 620. The number of halogens is 1. The summed E-state index contributed by atoms with van der Waals surface area (Å²) in [4.78, 5) is 1.21. The van der Waals surface area contributed by atoms with Crippen molar-refractivity contribution in [3.8, 4) is 0 Å². The van der Waals surface area contributed by atoms with Gasteiger partial charge in [0.2, 0.25) is 0 Å². The predicted octanol–water partition coefficient (Wildman–Crippen LogP) is 4.00. The molecule has 0 spiro atoms. The van der Waals surface area contributed by atoms with Gasteiger partial charge >= 0.3 is 0 Å². The van der Waals surface area contributed by atoms with Gasteiger partial charge in [-0.1, -0.05) is 0 Å². The van der Waals surface area contributed by atoms with Crippen molar-refractivity contribution < 1.29 is 9.13 Å². The van der Waals surface area contributed by atoms with E-state index in [1.54, 1.807) is 17.4 Å². The summed E-state index contributed by atoms with van der Waals surface area (Å²) in [5, 5.41) is 4.30. The van der Waals surface area contributed by atoms with Crippen molar-refractivity contribution in [2.45, 2.75) is 18.9 Å². The van der Waals surface area contributed by atoms with Crippen LogP contribution in [0.15, 0.2) is 36.1 Å². The van der Waals surface area contributed by atoms with Crippen molar-refractivity contribution in [1.82, 2.24) is 5.32 Å². The standard InChI is InChI=1S/C15H16FNOS/c1-17-15(10-3-2-6-18-9-10)14-8-11-7-12(16)4-5-13(11)19-14/h4-5,7-9,15,17H,2-3,6H2,1H3. The number of hydrogen-bond donors (Lipinski definition) is 1. The second-order valence-corrected chi connectivity index (χ2v) is 5.84. The molecule has 0 saturated heterocycles. The highest BCUT2D eigenvalue weighted by atomic mass is 32.1. The third-order valence-electron chi connectivity index (χ3n) is 3.40. The molecule has 3 rings (SSSR count). The van der Waals surface area contributed by atoms with Gasteiger partial charge in [0.25, 0.3) is 0 Å². The summed E-state index contributed by atoms with van der Waals surface area (Å²) in [6.07, 6.45) is 3.98. The van der Waals surface area contributed by atoms with E-state index in [0.29, 0.717) is 0 Å². The normalized spacial score (nSPS) is 17.1. The number of likely N-dealkylation sites (N-methyl/N-ethyl adjacent to an activating group) is 1. The molecular formula is C15H16FNOS. The molecule has 0 aliphatic carbocycles. The number of nitrogens with one attached hydrogen (secondary N) is 1. The third kappa shape index (κ3) is 2.51. The van der Waals surface area contributed by atoms with Crippen LogP contribution in [0.5, 0.6) is 0 Å². The molecular weight excluding hydrogens is 261 g/mol. The van der Waals surface area contributed by atoms with Crippen LogP contribution in [0.2, 0.25) is 0 Å². The number of fused-ring (bicyclic) bond motifs is 1. The minimum absolute atomic E-state index is 0.167. The molecule has 1 aliphatic heterocycles. The van der Waals surface area contributed by atoms with Crippen LogP contribution in [0.25, 0.3) is 10.1 Å². The van der Waals surface area contributed by atoms with Gasteiger partial charge in [0, 0.05) is 9.58 Å².